The van der Waals surface area contributed by atoms with Crippen molar-refractivity contribution in [3.63, 3.8) is 0 Å². The van der Waals surface area contributed by atoms with Crippen molar-refractivity contribution in [1.29, 1.82) is 0 Å². The van der Waals surface area contributed by atoms with Crippen molar-refractivity contribution in [2.45, 2.75) is 48.5 Å². The molecule has 1 fully saturated rings. The van der Waals surface area contributed by atoms with Gasteiger partial charge in [-0.2, -0.15) is 13.2 Å². The van der Waals surface area contributed by atoms with Gasteiger partial charge in [-0.05, 0) is 25.0 Å². The van der Waals surface area contributed by atoms with Crippen LogP contribution in [0.3, 0.4) is 0 Å². The van der Waals surface area contributed by atoms with E-state index in [1.807, 2.05) is 6.92 Å². The number of thiophene rings is 1. The minimum absolute atomic E-state index is 0.0542. The molecule has 4 atom stereocenters. The summed E-state index contributed by atoms with van der Waals surface area (Å²) < 4.78 is 46.1. The molecule has 0 aliphatic carbocycles. The number of ether oxygens (including phenoxy) is 1. The number of fused-ring (bicyclic) bond motifs is 2. The van der Waals surface area contributed by atoms with E-state index in [1.54, 1.807) is 13.2 Å². The molecule has 3 heterocycles. The molecule has 1 aromatic heterocycles. The van der Waals surface area contributed by atoms with Gasteiger partial charge in [0.05, 0.1) is 23.2 Å². The molecule has 0 saturated carbocycles. The third-order valence-electron chi connectivity index (χ3n) is 4.79. The first-order valence-corrected chi connectivity index (χ1v) is 10.0. The van der Waals surface area contributed by atoms with E-state index in [4.69, 9.17) is 10.6 Å². The van der Waals surface area contributed by atoms with Gasteiger partial charge < -0.3 is 20.8 Å². The highest BCUT2D eigenvalue weighted by molar-refractivity contribution is 9.09. The molecule has 1 spiro atoms. The summed E-state index contributed by atoms with van der Waals surface area (Å²) in [6.45, 7) is 2.34. The second-order valence-corrected chi connectivity index (χ2v) is 8.88. The highest BCUT2D eigenvalue weighted by Crippen LogP contribution is 2.53. The van der Waals surface area contributed by atoms with Crippen LogP contribution in [0, 0.1) is 0 Å². The fourth-order valence-corrected chi connectivity index (χ4v) is 5.69. The summed E-state index contributed by atoms with van der Waals surface area (Å²) in [6, 6.07) is 1.16. The Kier molecular flexibility index (Phi) is 5.60. The SMILES string of the molecule is CN/C=C(\NN)[C@@H]1C[C@]2(C[C@H](C)N1)OCC(Br)c1cc(C(F)(F)F)sc12. The molecule has 0 amide bonds. The summed E-state index contributed by atoms with van der Waals surface area (Å²) >= 11 is 4.25. The second-order valence-electron chi connectivity index (χ2n) is 6.73. The Morgan fingerprint density at radius 2 is 2.23 bits per heavy atom. The van der Waals surface area contributed by atoms with Crippen LogP contribution in [0.1, 0.15) is 39.9 Å². The van der Waals surface area contributed by atoms with E-state index in [9.17, 15) is 13.2 Å². The number of rotatable bonds is 3. The van der Waals surface area contributed by atoms with Gasteiger partial charge in [-0.1, -0.05) is 15.9 Å². The lowest BCUT2D eigenvalue weighted by Gasteiger charge is -2.47. The Labute approximate surface area is 162 Å². The van der Waals surface area contributed by atoms with Gasteiger partial charge in [0.1, 0.15) is 10.5 Å². The molecular formula is C16H22BrF3N4OS. The molecule has 10 heteroatoms. The predicted octanol–water partition coefficient (Wildman–Crippen LogP) is 3.09. The average Bonchev–Trinajstić information content (AvgIpc) is 3.03. The maximum Gasteiger partial charge on any atom is 0.425 e. The molecule has 3 rings (SSSR count). The third-order valence-corrected chi connectivity index (χ3v) is 6.93. The highest BCUT2D eigenvalue weighted by atomic mass is 79.9. The van der Waals surface area contributed by atoms with Crippen molar-refractivity contribution in [1.82, 2.24) is 16.1 Å². The molecule has 26 heavy (non-hydrogen) atoms. The number of hydrogen-bond donors (Lipinski definition) is 4. The monoisotopic (exact) mass is 454 g/mol. The standard InChI is InChI=1S/C16H22BrF3N4OS/c1-8-4-15(5-11(23-8)12(24-21)6-22-2)14-9(10(17)7-25-15)3-13(26-14)16(18,19)20/h3,6,8,10-11,22-24H,4-5,7,21H2,1-2H3/b12-6-/t8-,10?,11-,15-/m0/s1. The van der Waals surface area contributed by atoms with E-state index >= 15 is 0 Å². The number of hydrazine groups is 1. The zero-order valence-corrected chi connectivity index (χ0v) is 16.8. The molecule has 2 aliphatic rings. The fourth-order valence-electron chi connectivity index (χ4n) is 3.79. The minimum Gasteiger partial charge on any atom is -0.392 e. The summed E-state index contributed by atoms with van der Waals surface area (Å²) in [5, 5.41) is 6.38. The van der Waals surface area contributed by atoms with Crippen LogP contribution < -0.4 is 21.9 Å². The summed E-state index contributed by atoms with van der Waals surface area (Å²) in [7, 11) is 1.76. The summed E-state index contributed by atoms with van der Waals surface area (Å²) in [5.74, 6) is 5.64. The van der Waals surface area contributed by atoms with Crippen molar-refractivity contribution in [2.75, 3.05) is 13.7 Å². The van der Waals surface area contributed by atoms with E-state index in [0.717, 1.165) is 17.0 Å². The predicted molar refractivity (Wildman–Crippen MR) is 98.7 cm³/mol. The second kappa shape index (κ2) is 7.31. The Bertz CT molecular complexity index is 696. The number of nitrogens with one attached hydrogen (secondary N) is 3. The largest absolute Gasteiger partial charge is 0.425 e. The summed E-state index contributed by atoms with van der Waals surface area (Å²) in [4.78, 5) is -0.154. The maximum absolute atomic E-state index is 13.3. The number of piperidine rings is 1. The lowest BCUT2D eigenvalue weighted by molar-refractivity contribution is -0.134. The molecule has 5 N–H and O–H groups in total. The lowest BCUT2D eigenvalue weighted by atomic mass is 9.79. The van der Waals surface area contributed by atoms with Gasteiger partial charge >= 0.3 is 6.18 Å². The number of nitrogens with two attached hydrogens (primary N) is 1. The first-order chi connectivity index (χ1) is 12.2. The van der Waals surface area contributed by atoms with E-state index in [1.165, 1.54) is 6.07 Å². The van der Waals surface area contributed by atoms with Crippen LogP contribution in [0.25, 0.3) is 0 Å². The molecule has 1 saturated heterocycles. The molecule has 1 aromatic rings. The highest BCUT2D eigenvalue weighted by Gasteiger charge is 2.49. The van der Waals surface area contributed by atoms with Crippen LogP contribution in [0.15, 0.2) is 18.0 Å². The van der Waals surface area contributed by atoms with Crippen LogP contribution in [0.2, 0.25) is 0 Å². The quantitative estimate of drug-likeness (QED) is 0.321. The molecular weight excluding hydrogens is 433 g/mol. The number of hydrogen-bond acceptors (Lipinski definition) is 6. The third kappa shape index (κ3) is 3.62. The van der Waals surface area contributed by atoms with Crippen molar-refractivity contribution >= 4 is 27.3 Å². The molecule has 146 valence electrons. The van der Waals surface area contributed by atoms with Crippen LogP contribution in [-0.4, -0.2) is 25.7 Å². The number of halogens is 4. The fraction of sp³-hybridized carbons (Fsp3) is 0.625. The summed E-state index contributed by atoms with van der Waals surface area (Å²) in [5.41, 5.74) is 3.33. The van der Waals surface area contributed by atoms with E-state index in [-0.39, 0.29) is 16.9 Å². The van der Waals surface area contributed by atoms with Gasteiger partial charge in [0, 0.05) is 30.6 Å². The van der Waals surface area contributed by atoms with Crippen molar-refractivity contribution < 1.29 is 17.9 Å². The van der Waals surface area contributed by atoms with E-state index < -0.39 is 16.7 Å². The molecule has 1 unspecified atom stereocenters. The van der Waals surface area contributed by atoms with Crippen LogP contribution >= 0.6 is 27.3 Å². The van der Waals surface area contributed by atoms with Crippen molar-refractivity contribution in [2.24, 2.45) is 5.84 Å². The number of alkyl halides is 4. The van der Waals surface area contributed by atoms with E-state index in [2.05, 4.69) is 32.0 Å². The Balaban J connectivity index is 2.03. The molecule has 0 radical (unpaired) electrons. The normalized spacial score (nSPS) is 32.4. The van der Waals surface area contributed by atoms with Gasteiger partial charge in [-0.25, -0.2) is 0 Å². The van der Waals surface area contributed by atoms with Gasteiger partial charge in [0.2, 0.25) is 0 Å². The Morgan fingerprint density at radius 3 is 2.85 bits per heavy atom. The Hall–Kier alpha value is -0.810. The van der Waals surface area contributed by atoms with Gasteiger partial charge in [-0.15, -0.1) is 11.3 Å². The summed E-state index contributed by atoms with van der Waals surface area (Å²) in [6.07, 6.45) is -1.51. The lowest BCUT2D eigenvalue weighted by Crippen LogP contribution is -2.56. The van der Waals surface area contributed by atoms with Crippen molar-refractivity contribution in [3.8, 4) is 0 Å². The van der Waals surface area contributed by atoms with E-state index in [0.29, 0.717) is 29.9 Å². The maximum atomic E-state index is 13.3. The Morgan fingerprint density at radius 1 is 1.50 bits per heavy atom. The van der Waals surface area contributed by atoms with Crippen LogP contribution in [0.5, 0.6) is 0 Å². The first kappa shape index (κ1) is 19.9. The smallest absolute Gasteiger partial charge is 0.392 e. The van der Waals surface area contributed by atoms with Crippen molar-refractivity contribution in [3.05, 3.63) is 33.3 Å². The van der Waals surface area contributed by atoms with Crippen LogP contribution in [-0.2, 0) is 16.5 Å². The molecule has 2 aliphatic heterocycles. The molecule has 5 nitrogen and oxygen atoms in total. The zero-order valence-electron chi connectivity index (χ0n) is 14.4. The van der Waals surface area contributed by atoms with Gasteiger partial charge in [0.25, 0.3) is 0 Å². The zero-order chi connectivity index (χ0) is 19.1. The first-order valence-electron chi connectivity index (χ1n) is 8.29. The van der Waals surface area contributed by atoms with Crippen LogP contribution in [0.4, 0.5) is 13.2 Å². The molecule has 0 bridgehead atoms. The minimum atomic E-state index is -4.36. The van der Waals surface area contributed by atoms with Gasteiger partial charge in [0.15, 0.2) is 0 Å². The van der Waals surface area contributed by atoms with Gasteiger partial charge in [-0.3, -0.25) is 5.84 Å². The topological polar surface area (TPSA) is 71.3 Å². The molecule has 0 aromatic carbocycles. The average molecular weight is 455 g/mol.